The number of nitrogens with one attached hydrogen (secondary N) is 2. The number of carbonyl (C=O) groups excluding carboxylic acids is 1. The molecule has 3 rings (SSSR count). The molecule has 0 aromatic heterocycles. The van der Waals surface area contributed by atoms with Gasteiger partial charge in [0.1, 0.15) is 6.04 Å². The average Bonchev–Trinajstić information content (AvgIpc) is 2.55. The highest BCUT2D eigenvalue weighted by Gasteiger charge is 2.29. The molecular formula is C16H24N4O. The van der Waals surface area contributed by atoms with Gasteiger partial charge in [-0.15, -0.1) is 0 Å². The summed E-state index contributed by atoms with van der Waals surface area (Å²) < 4.78 is 0. The minimum atomic E-state index is -0.155. The molecule has 0 saturated carbocycles. The SMILES string of the molecule is CCCN1CCN(C(=O)C2CNc3ccccc3N2)CC1. The van der Waals surface area contributed by atoms with Crippen LogP contribution in [0.4, 0.5) is 11.4 Å². The lowest BCUT2D eigenvalue weighted by molar-refractivity contribution is -0.133. The smallest absolute Gasteiger partial charge is 0.246 e. The molecule has 2 aliphatic rings. The molecule has 1 atom stereocenters. The summed E-state index contributed by atoms with van der Waals surface area (Å²) in [6.07, 6.45) is 1.18. The zero-order valence-corrected chi connectivity index (χ0v) is 12.6. The number of fused-ring (bicyclic) bond motifs is 1. The Morgan fingerprint density at radius 1 is 1.19 bits per heavy atom. The van der Waals surface area contributed by atoms with Gasteiger partial charge in [-0.3, -0.25) is 9.69 Å². The van der Waals surface area contributed by atoms with Gasteiger partial charge in [0.2, 0.25) is 5.91 Å². The predicted octanol–water partition coefficient (Wildman–Crippen LogP) is 1.45. The van der Waals surface area contributed by atoms with Crippen molar-refractivity contribution in [2.24, 2.45) is 0 Å². The van der Waals surface area contributed by atoms with Crippen LogP contribution in [-0.2, 0) is 4.79 Å². The van der Waals surface area contributed by atoms with E-state index in [9.17, 15) is 4.79 Å². The fourth-order valence-corrected chi connectivity index (χ4v) is 3.09. The van der Waals surface area contributed by atoms with Crippen LogP contribution in [-0.4, -0.2) is 61.0 Å². The molecule has 5 heteroatoms. The molecule has 0 aliphatic carbocycles. The Hall–Kier alpha value is -1.75. The number of hydrogen-bond donors (Lipinski definition) is 2. The van der Waals surface area contributed by atoms with Crippen LogP contribution in [0.25, 0.3) is 0 Å². The molecule has 5 nitrogen and oxygen atoms in total. The first-order valence-electron chi connectivity index (χ1n) is 7.88. The first-order chi connectivity index (χ1) is 10.3. The summed E-state index contributed by atoms with van der Waals surface area (Å²) in [6, 6.07) is 7.89. The van der Waals surface area contributed by atoms with Crippen LogP contribution in [0.1, 0.15) is 13.3 Å². The first-order valence-corrected chi connectivity index (χ1v) is 7.88. The van der Waals surface area contributed by atoms with Crippen molar-refractivity contribution in [3.63, 3.8) is 0 Å². The summed E-state index contributed by atoms with van der Waals surface area (Å²) in [5, 5.41) is 6.70. The number of para-hydroxylation sites is 2. The first kappa shape index (κ1) is 14.2. The number of hydrogen-bond acceptors (Lipinski definition) is 4. The summed E-state index contributed by atoms with van der Waals surface area (Å²) in [5.74, 6) is 0.216. The molecule has 114 valence electrons. The molecule has 21 heavy (non-hydrogen) atoms. The summed E-state index contributed by atoms with van der Waals surface area (Å²) >= 11 is 0. The zero-order chi connectivity index (χ0) is 14.7. The van der Waals surface area contributed by atoms with Crippen molar-refractivity contribution in [3.8, 4) is 0 Å². The molecule has 0 bridgehead atoms. The predicted molar refractivity (Wildman–Crippen MR) is 85.7 cm³/mol. The third kappa shape index (κ3) is 3.13. The quantitative estimate of drug-likeness (QED) is 0.884. The third-order valence-corrected chi connectivity index (χ3v) is 4.28. The van der Waals surface area contributed by atoms with Gasteiger partial charge in [-0.2, -0.15) is 0 Å². The Balaban J connectivity index is 1.57. The summed E-state index contributed by atoms with van der Waals surface area (Å²) in [6.45, 7) is 7.68. The van der Waals surface area contributed by atoms with Crippen LogP contribution in [0.5, 0.6) is 0 Å². The second-order valence-corrected chi connectivity index (χ2v) is 5.79. The van der Waals surface area contributed by atoms with Gasteiger partial charge in [-0.25, -0.2) is 0 Å². The van der Waals surface area contributed by atoms with Crippen LogP contribution in [0.15, 0.2) is 24.3 Å². The topological polar surface area (TPSA) is 47.6 Å². The van der Waals surface area contributed by atoms with Crippen molar-refractivity contribution in [2.75, 3.05) is 49.9 Å². The third-order valence-electron chi connectivity index (χ3n) is 4.28. The molecule has 2 aliphatic heterocycles. The van der Waals surface area contributed by atoms with Gasteiger partial charge in [0.15, 0.2) is 0 Å². The van der Waals surface area contributed by atoms with Crippen LogP contribution in [0, 0.1) is 0 Å². The van der Waals surface area contributed by atoms with E-state index < -0.39 is 0 Å². The maximum atomic E-state index is 12.6. The van der Waals surface area contributed by atoms with E-state index in [2.05, 4.69) is 22.5 Å². The number of piperazine rings is 1. The van der Waals surface area contributed by atoms with Gasteiger partial charge in [0.05, 0.1) is 11.4 Å². The number of anilines is 2. The van der Waals surface area contributed by atoms with Gasteiger partial charge in [-0.05, 0) is 25.1 Å². The van der Waals surface area contributed by atoms with Crippen LogP contribution < -0.4 is 10.6 Å². The Bertz CT molecular complexity index is 497. The van der Waals surface area contributed by atoms with Crippen LogP contribution in [0.2, 0.25) is 0 Å². The minimum Gasteiger partial charge on any atom is -0.381 e. The van der Waals surface area contributed by atoms with E-state index in [1.165, 1.54) is 6.42 Å². The molecule has 1 fully saturated rings. The minimum absolute atomic E-state index is 0.155. The Morgan fingerprint density at radius 2 is 1.90 bits per heavy atom. The molecule has 1 aromatic carbocycles. The second kappa shape index (κ2) is 6.35. The van der Waals surface area contributed by atoms with E-state index in [-0.39, 0.29) is 11.9 Å². The van der Waals surface area contributed by atoms with Crippen molar-refractivity contribution in [3.05, 3.63) is 24.3 Å². The van der Waals surface area contributed by atoms with Crippen molar-refractivity contribution in [1.29, 1.82) is 0 Å². The Kier molecular flexibility index (Phi) is 4.29. The maximum absolute atomic E-state index is 12.6. The van der Waals surface area contributed by atoms with E-state index in [0.717, 1.165) is 44.1 Å². The highest BCUT2D eigenvalue weighted by Crippen LogP contribution is 2.25. The van der Waals surface area contributed by atoms with Crippen LogP contribution >= 0.6 is 0 Å². The van der Waals surface area contributed by atoms with E-state index in [1.54, 1.807) is 0 Å². The number of amides is 1. The number of benzene rings is 1. The summed E-state index contributed by atoms with van der Waals surface area (Å²) in [7, 11) is 0. The molecule has 1 saturated heterocycles. The van der Waals surface area contributed by atoms with E-state index >= 15 is 0 Å². The lowest BCUT2D eigenvalue weighted by Crippen LogP contribution is -2.54. The fourth-order valence-electron chi connectivity index (χ4n) is 3.09. The van der Waals surface area contributed by atoms with Crippen molar-refractivity contribution >= 4 is 17.3 Å². The lowest BCUT2D eigenvalue weighted by atomic mass is 10.1. The van der Waals surface area contributed by atoms with Gasteiger partial charge < -0.3 is 15.5 Å². The number of carbonyl (C=O) groups is 1. The van der Waals surface area contributed by atoms with Gasteiger partial charge in [0, 0.05) is 32.7 Å². The van der Waals surface area contributed by atoms with Crippen molar-refractivity contribution in [1.82, 2.24) is 9.80 Å². The van der Waals surface area contributed by atoms with Crippen LogP contribution in [0.3, 0.4) is 0 Å². The van der Waals surface area contributed by atoms with E-state index in [1.807, 2.05) is 29.2 Å². The van der Waals surface area contributed by atoms with E-state index in [4.69, 9.17) is 0 Å². The van der Waals surface area contributed by atoms with Gasteiger partial charge >= 0.3 is 0 Å². The summed E-state index contributed by atoms with van der Waals surface area (Å²) in [5.41, 5.74) is 2.10. The molecule has 1 amide bonds. The standard InChI is InChI=1S/C16H24N4O/c1-2-7-19-8-10-20(11-9-19)16(21)15-12-17-13-5-3-4-6-14(13)18-15/h3-6,15,17-18H,2,7-12H2,1H3. The highest BCUT2D eigenvalue weighted by molar-refractivity contribution is 5.88. The lowest BCUT2D eigenvalue weighted by Gasteiger charge is -2.37. The van der Waals surface area contributed by atoms with Crippen molar-refractivity contribution in [2.45, 2.75) is 19.4 Å². The normalized spacial score (nSPS) is 22.1. The zero-order valence-electron chi connectivity index (χ0n) is 12.6. The molecule has 0 spiro atoms. The molecule has 1 unspecified atom stereocenters. The number of rotatable bonds is 3. The molecular weight excluding hydrogens is 264 g/mol. The molecule has 2 N–H and O–H groups in total. The second-order valence-electron chi connectivity index (χ2n) is 5.79. The van der Waals surface area contributed by atoms with Gasteiger partial charge in [-0.1, -0.05) is 19.1 Å². The fraction of sp³-hybridized carbons (Fsp3) is 0.562. The van der Waals surface area contributed by atoms with Gasteiger partial charge in [0.25, 0.3) is 0 Å². The monoisotopic (exact) mass is 288 g/mol. The maximum Gasteiger partial charge on any atom is 0.246 e. The summed E-state index contributed by atoms with van der Waals surface area (Å²) in [4.78, 5) is 17.1. The average molecular weight is 288 g/mol. The molecule has 0 radical (unpaired) electrons. The Morgan fingerprint density at radius 3 is 2.62 bits per heavy atom. The Labute approximate surface area is 126 Å². The largest absolute Gasteiger partial charge is 0.381 e. The highest BCUT2D eigenvalue weighted by atomic mass is 16.2. The van der Waals surface area contributed by atoms with Crippen molar-refractivity contribution < 1.29 is 4.79 Å². The molecule has 1 aromatic rings. The van der Waals surface area contributed by atoms with E-state index in [0.29, 0.717) is 6.54 Å². The molecule has 2 heterocycles. The number of nitrogens with zero attached hydrogens (tertiary/aromatic N) is 2.